The van der Waals surface area contributed by atoms with Crippen LogP contribution < -0.4 is 4.74 Å². The van der Waals surface area contributed by atoms with Gasteiger partial charge in [0.25, 0.3) is 0 Å². The average molecular weight is 416 g/mol. The summed E-state index contributed by atoms with van der Waals surface area (Å²) in [5.41, 5.74) is 1.39. The Hall–Kier alpha value is -2.44. The first-order valence-corrected chi connectivity index (χ1v) is 9.04. The predicted molar refractivity (Wildman–Crippen MR) is 102 cm³/mol. The van der Waals surface area contributed by atoms with Crippen LogP contribution in [0.25, 0.3) is 6.08 Å². The van der Waals surface area contributed by atoms with E-state index in [1.165, 1.54) is 6.08 Å². The van der Waals surface area contributed by atoms with Crippen LogP contribution in [0.1, 0.15) is 15.9 Å². The molecule has 1 amide bonds. The van der Waals surface area contributed by atoms with Gasteiger partial charge in [-0.2, -0.15) is 0 Å². The Labute approximate surface area is 160 Å². The summed E-state index contributed by atoms with van der Waals surface area (Å²) in [5, 5.41) is 0. The van der Waals surface area contributed by atoms with Gasteiger partial charge in [0.1, 0.15) is 5.75 Å². The Kier molecular flexibility index (Phi) is 6.20. The topological polar surface area (TPSA) is 55.8 Å². The van der Waals surface area contributed by atoms with E-state index in [9.17, 15) is 9.59 Å². The highest BCUT2D eigenvalue weighted by Gasteiger charge is 2.18. The van der Waals surface area contributed by atoms with Gasteiger partial charge in [0.05, 0.1) is 13.2 Å². The van der Waals surface area contributed by atoms with E-state index in [4.69, 9.17) is 9.47 Å². The fourth-order valence-corrected chi connectivity index (χ4v) is 2.74. The summed E-state index contributed by atoms with van der Waals surface area (Å²) < 4.78 is 11.6. The van der Waals surface area contributed by atoms with Gasteiger partial charge in [0, 0.05) is 23.1 Å². The summed E-state index contributed by atoms with van der Waals surface area (Å²) in [7, 11) is 0. The van der Waals surface area contributed by atoms with Gasteiger partial charge in [-0.25, -0.2) is 4.79 Å². The van der Waals surface area contributed by atoms with Crippen LogP contribution in [0, 0.1) is 0 Å². The molecule has 26 heavy (non-hydrogen) atoms. The van der Waals surface area contributed by atoms with Gasteiger partial charge in [-0.1, -0.05) is 34.1 Å². The lowest BCUT2D eigenvalue weighted by atomic mass is 10.1. The molecular weight excluding hydrogens is 398 g/mol. The molecule has 0 spiro atoms. The van der Waals surface area contributed by atoms with E-state index in [1.807, 2.05) is 18.2 Å². The molecule has 1 heterocycles. The fraction of sp³-hybridized carbons (Fsp3) is 0.200. The Morgan fingerprint density at radius 1 is 1.08 bits per heavy atom. The number of hydrogen-bond donors (Lipinski definition) is 0. The average Bonchev–Trinajstić information content (AvgIpc) is 2.67. The highest BCUT2D eigenvalue weighted by molar-refractivity contribution is 9.10. The summed E-state index contributed by atoms with van der Waals surface area (Å²) >= 11 is 3.35. The first-order valence-electron chi connectivity index (χ1n) is 8.24. The molecule has 0 saturated carbocycles. The van der Waals surface area contributed by atoms with Crippen molar-refractivity contribution in [2.45, 2.75) is 0 Å². The second-order valence-electron chi connectivity index (χ2n) is 5.74. The number of allylic oxidation sites excluding steroid dienone is 1. The van der Waals surface area contributed by atoms with Gasteiger partial charge in [-0.05, 0) is 48.0 Å². The van der Waals surface area contributed by atoms with Crippen molar-refractivity contribution in [3.05, 3.63) is 70.2 Å². The number of carbonyl (C=O) groups excluding carboxylic acids is 2. The van der Waals surface area contributed by atoms with Gasteiger partial charge in [0.2, 0.25) is 0 Å². The molecule has 2 aromatic carbocycles. The van der Waals surface area contributed by atoms with E-state index in [2.05, 4.69) is 15.9 Å². The zero-order valence-electron chi connectivity index (χ0n) is 14.1. The van der Waals surface area contributed by atoms with Crippen molar-refractivity contribution in [3.63, 3.8) is 0 Å². The number of morpholine rings is 1. The standard InChI is InChI=1S/C20H18BrNO4/c21-17-7-5-16(6-8-17)19(23)9-4-15-2-1-3-18(14-15)26-20(24)22-10-12-25-13-11-22/h1-9,14H,10-13H2/b9-4+. The third kappa shape index (κ3) is 5.03. The van der Waals surface area contributed by atoms with E-state index >= 15 is 0 Å². The number of rotatable bonds is 4. The summed E-state index contributed by atoms with van der Waals surface area (Å²) in [4.78, 5) is 25.9. The molecule has 1 aliphatic heterocycles. The monoisotopic (exact) mass is 415 g/mol. The smallest absolute Gasteiger partial charge is 0.410 e. The van der Waals surface area contributed by atoms with Crippen molar-refractivity contribution in [1.82, 2.24) is 4.90 Å². The maximum Gasteiger partial charge on any atom is 0.415 e. The van der Waals surface area contributed by atoms with E-state index in [1.54, 1.807) is 41.3 Å². The molecule has 0 unspecified atom stereocenters. The number of carbonyl (C=O) groups is 2. The molecule has 0 bridgehead atoms. The highest BCUT2D eigenvalue weighted by atomic mass is 79.9. The zero-order chi connectivity index (χ0) is 18.4. The molecule has 3 rings (SSSR count). The van der Waals surface area contributed by atoms with Gasteiger partial charge < -0.3 is 14.4 Å². The Morgan fingerprint density at radius 3 is 2.54 bits per heavy atom. The molecule has 1 aliphatic rings. The third-order valence-corrected chi connectivity index (χ3v) is 4.42. The molecule has 1 fully saturated rings. The molecule has 134 valence electrons. The Morgan fingerprint density at radius 2 is 1.81 bits per heavy atom. The number of hydrogen-bond acceptors (Lipinski definition) is 4. The minimum absolute atomic E-state index is 0.0896. The van der Waals surface area contributed by atoms with E-state index in [0.717, 1.165) is 10.0 Å². The van der Waals surface area contributed by atoms with Crippen LogP contribution in [0.3, 0.4) is 0 Å². The molecule has 1 saturated heterocycles. The summed E-state index contributed by atoms with van der Waals surface area (Å²) in [5.74, 6) is 0.355. The molecule has 5 nitrogen and oxygen atoms in total. The lowest BCUT2D eigenvalue weighted by Gasteiger charge is -2.25. The second-order valence-corrected chi connectivity index (χ2v) is 6.66. The maximum atomic E-state index is 12.2. The SMILES string of the molecule is O=C(/C=C/c1cccc(OC(=O)N2CCOCC2)c1)c1ccc(Br)cc1. The van der Waals surface area contributed by atoms with Crippen molar-refractivity contribution in [1.29, 1.82) is 0 Å². The number of halogens is 1. The first-order chi connectivity index (χ1) is 12.6. The van der Waals surface area contributed by atoms with Gasteiger partial charge in [-0.3, -0.25) is 4.79 Å². The molecule has 0 atom stereocenters. The largest absolute Gasteiger partial charge is 0.415 e. The van der Waals surface area contributed by atoms with Crippen molar-refractivity contribution < 1.29 is 19.1 Å². The van der Waals surface area contributed by atoms with E-state index < -0.39 is 0 Å². The van der Waals surface area contributed by atoms with Crippen molar-refractivity contribution in [3.8, 4) is 5.75 Å². The van der Waals surface area contributed by atoms with E-state index in [0.29, 0.717) is 37.6 Å². The van der Waals surface area contributed by atoms with Crippen LogP contribution in [0.4, 0.5) is 4.79 Å². The van der Waals surface area contributed by atoms with Crippen LogP contribution in [0.5, 0.6) is 5.75 Å². The van der Waals surface area contributed by atoms with Crippen LogP contribution in [0.15, 0.2) is 59.1 Å². The molecule has 6 heteroatoms. The predicted octanol–water partition coefficient (Wildman–Crippen LogP) is 4.18. The fourth-order valence-electron chi connectivity index (χ4n) is 2.48. The Bertz CT molecular complexity index is 811. The third-order valence-electron chi connectivity index (χ3n) is 3.89. The molecule has 0 radical (unpaired) electrons. The number of benzene rings is 2. The summed E-state index contributed by atoms with van der Waals surface area (Å²) in [6.07, 6.45) is 2.82. The molecule has 0 aromatic heterocycles. The molecule has 0 N–H and O–H groups in total. The first kappa shape index (κ1) is 18.4. The van der Waals surface area contributed by atoms with Gasteiger partial charge in [-0.15, -0.1) is 0 Å². The van der Waals surface area contributed by atoms with E-state index in [-0.39, 0.29) is 11.9 Å². The molecular formula is C20H18BrNO4. The van der Waals surface area contributed by atoms with Crippen LogP contribution >= 0.6 is 15.9 Å². The second kappa shape index (κ2) is 8.78. The number of ether oxygens (including phenoxy) is 2. The lowest BCUT2D eigenvalue weighted by molar-refractivity contribution is 0.0416. The van der Waals surface area contributed by atoms with Crippen LogP contribution in [0.2, 0.25) is 0 Å². The zero-order valence-corrected chi connectivity index (χ0v) is 15.6. The quantitative estimate of drug-likeness (QED) is 0.555. The maximum absolute atomic E-state index is 12.2. The number of amides is 1. The highest BCUT2D eigenvalue weighted by Crippen LogP contribution is 2.17. The Balaban J connectivity index is 1.64. The minimum atomic E-state index is -0.389. The number of ketones is 1. The normalized spacial score (nSPS) is 14.4. The summed E-state index contributed by atoms with van der Waals surface area (Å²) in [6.45, 7) is 2.10. The van der Waals surface area contributed by atoms with Crippen molar-refractivity contribution >= 4 is 33.9 Å². The molecule has 2 aromatic rings. The lowest BCUT2D eigenvalue weighted by Crippen LogP contribution is -2.42. The van der Waals surface area contributed by atoms with Crippen LogP contribution in [-0.2, 0) is 4.74 Å². The van der Waals surface area contributed by atoms with Crippen molar-refractivity contribution in [2.24, 2.45) is 0 Å². The van der Waals surface area contributed by atoms with Gasteiger partial charge in [0.15, 0.2) is 5.78 Å². The summed E-state index contributed by atoms with van der Waals surface area (Å²) in [6, 6.07) is 14.2. The van der Waals surface area contributed by atoms with Gasteiger partial charge >= 0.3 is 6.09 Å². The minimum Gasteiger partial charge on any atom is -0.410 e. The molecule has 0 aliphatic carbocycles. The van der Waals surface area contributed by atoms with Crippen molar-refractivity contribution in [2.75, 3.05) is 26.3 Å². The van der Waals surface area contributed by atoms with Crippen LogP contribution in [-0.4, -0.2) is 43.1 Å². The number of nitrogens with zero attached hydrogens (tertiary/aromatic N) is 1.